The summed E-state index contributed by atoms with van der Waals surface area (Å²) in [5, 5.41) is 12.3. The average molecular weight is 346 g/mol. The lowest BCUT2D eigenvalue weighted by atomic mass is 9.81. The van der Waals surface area contributed by atoms with Crippen molar-refractivity contribution in [2.24, 2.45) is 11.8 Å². The van der Waals surface area contributed by atoms with Crippen LogP contribution in [0.4, 0.5) is 22.4 Å². The average Bonchev–Trinajstić information content (AvgIpc) is 2.90. The molecule has 0 saturated carbocycles. The van der Waals surface area contributed by atoms with Crippen molar-refractivity contribution in [3.8, 4) is 0 Å². The predicted molar refractivity (Wildman–Crippen MR) is 78.1 cm³/mol. The molecule has 2 N–H and O–H groups in total. The minimum absolute atomic E-state index is 0.0720. The predicted octanol–water partition coefficient (Wildman–Crippen LogP) is 2.97. The van der Waals surface area contributed by atoms with Crippen LogP contribution in [0, 0.1) is 17.7 Å². The van der Waals surface area contributed by atoms with Gasteiger partial charge in [0.2, 0.25) is 0 Å². The molecule has 1 aromatic carbocycles. The molecule has 0 aliphatic carbocycles. The highest BCUT2D eigenvalue weighted by atomic mass is 19.4. The Kier molecular flexibility index (Phi) is 4.42. The third kappa shape index (κ3) is 3.33. The molecule has 2 aliphatic heterocycles. The molecule has 24 heavy (non-hydrogen) atoms. The molecule has 0 bridgehead atoms. The Hall–Kier alpha value is -1.83. The van der Waals surface area contributed by atoms with Crippen molar-refractivity contribution in [2.45, 2.75) is 25.1 Å². The Bertz CT molecular complexity index is 635. The van der Waals surface area contributed by atoms with E-state index in [1.54, 1.807) is 0 Å². The van der Waals surface area contributed by atoms with Crippen molar-refractivity contribution in [2.75, 3.05) is 19.6 Å². The maximum atomic E-state index is 13.2. The lowest BCUT2D eigenvalue weighted by Gasteiger charge is -2.35. The van der Waals surface area contributed by atoms with E-state index in [0.29, 0.717) is 32.1 Å². The summed E-state index contributed by atoms with van der Waals surface area (Å²) in [5.41, 5.74) is -0.863. The quantitative estimate of drug-likeness (QED) is 0.810. The Morgan fingerprint density at radius 3 is 2.79 bits per heavy atom. The van der Waals surface area contributed by atoms with E-state index >= 15 is 0 Å². The fourth-order valence-corrected chi connectivity index (χ4v) is 3.87. The van der Waals surface area contributed by atoms with E-state index in [9.17, 15) is 22.4 Å². The zero-order chi connectivity index (χ0) is 17.5. The van der Waals surface area contributed by atoms with E-state index in [2.05, 4.69) is 5.32 Å². The molecule has 0 aromatic heterocycles. The highest BCUT2D eigenvalue weighted by Gasteiger charge is 2.42. The van der Waals surface area contributed by atoms with Gasteiger partial charge < -0.3 is 15.3 Å². The topological polar surface area (TPSA) is 52.6 Å². The van der Waals surface area contributed by atoms with Gasteiger partial charge in [0.25, 0.3) is 0 Å². The lowest BCUT2D eigenvalue weighted by molar-refractivity contribution is -0.138. The zero-order valence-electron chi connectivity index (χ0n) is 12.8. The smallest absolute Gasteiger partial charge is 0.416 e. The summed E-state index contributed by atoms with van der Waals surface area (Å²) in [6, 6.07) is 2.62. The monoisotopic (exact) mass is 346 g/mol. The van der Waals surface area contributed by atoms with Crippen molar-refractivity contribution in [3.63, 3.8) is 0 Å². The highest BCUT2D eigenvalue weighted by molar-refractivity contribution is 5.65. The summed E-state index contributed by atoms with van der Waals surface area (Å²) in [7, 11) is 0. The van der Waals surface area contributed by atoms with E-state index in [1.807, 2.05) is 0 Å². The molecule has 3 unspecified atom stereocenters. The summed E-state index contributed by atoms with van der Waals surface area (Å²) in [6.07, 6.45) is -4.78. The largest absolute Gasteiger partial charge is 0.465 e. The summed E-state index contributed by atoms with van der Waals surface area (Å²) < 4.78 is 52.6. The fraction of sp³-hybridized carbons (Fsp3) is 0.562. The van der Waals surface area contributed by atoms with Crippen LogP contribution in [0.3, 0.4) is 0 Å². The van der Waals surface area contributed by atoms with Crippen molar-refractivity contribution in [1.29, 1.82) is 0 Å². The van der Waals surface area contributed by atoms with Gasteiger partial charge in [0.1, 0.15) is 5.82 Å². The molecule has 4 nitrogen and oxygen atoms in total. The summed E-state index contributed by atoms with van der Waals surface area (Å²) in [4.78, 5) is 12.4. The number of hydrogen-bond acceptors (Lipinski definition) is 2. The first-order valence-corrected chi connectivity index (χ1v) is 7.82. The number of benzene rings is 1. The van der Waals surface area contributed by atoms with E-state index in [4.69, 9.17) is 5.11 Å². The first-order chi connectivity index (χ1) is 11.3. The van der Waals surface area contributed by atoms with E-state index in [-0.39, 0.29) is 29.9 Å². The van der Waals surface area contributed by atoms with Crippen molar-refractivity contribution >= 4 is 6.09 Å². The number of halogens is 4. The van der Waals surface area contributed by atoms with Gasteiger partial charge in [-0.1, -0.05) is 6.07 Å². The number of carbonyl (C=O) groups is 1. The molecule has 1 aromatic rings. The first kappa shape index (κ1) is 17.0. The molecule has 2 fully saturated rings. The molecule has 8 heteroatoms. The summed E-state index contributed by atoms with van der Waals surface area (Å²) in [6.45, 7) is 1.38. The standard InChI is InChI=1S/C16H18F4N2O2/c17-11-2-1-9(13(6-11)16(18,19)20)5-14-12-3-4-22(15(23)24)8-10(12)7-21-14/h1-2,6,10,12,14,21H,3-5,7-8H2,(H,23,24). The minimum atomic E-state index is -4.60. The van der Waals surface area contributed by atoms with Gasteiger partial charge in [-0.25, -0.2) is 9.18 Å². The number of carboxylic acid groups (broad SMARTS) is 1. The number of nitrogens with one attached hydrogen (secondary N) is 1. The lowest BCUT2D eigenvalue weighted by Crippen LogP contribution is -2.44. The molecule has 1 amide bonds. The van der Waals surface area contributed by atoms with Crippen LogP contribution in [-0.2, 0) is 12.6 Å². The maximum absolute atomic E-state index is 13.2. The number of likely N-dealkylation sites (tertiary alicyclic amines) is 1. The van der Waals surface area contributed by atoms with Gasteiger partial charge in [-0.15, -0.1) is 0 Å². The van der Waals surface area contributed by atoms with E-state index < -0.39 is 23.7 Å². The van der Waals surface area contributed by atoms with Crippen molar-refractivity contribution in [1.82, 2.24) is 10.2 Å². The van der Waals surface area contributed by atoms with Crippen molar-refractivity contribution < 1.29 is 27.5 Å². The third-order valence-corrected chi connectivity index (χ3v) is 5.04. The molecule has 2 saturated heterocycles. The number of alkyl halides is 3. The normalized spacial score (nSPS) is 27.2. The minimum Gasteiger partial charge on any atom is -0.465 e. The molecule has 2 heterocycles. The number of rotatable bonds is 2. The second-order valence-electron chi connectivity index (χ2n) is 6.46. The van der Waals surface area contributed by atoms with Crippen LogP contribution in [0.25, 0.3) is 0 Å². The van der Waals surface area contributed by atoms with Gasteiger partial charge in [0, 0.05) is 25.7 Å². The van der Waals surface area contributed by atoms with Gasteiger partial charge in [-0.05, 0) is 42.4 Å². The summed E-state index contributed by atoms with van der Waals surface area (Å²) >= 11 is 0. The van der Waals surface area contributed by atoms with Crippen LogP contribution in [0.15, 0.2) is 18.2 Å². The fourth-order valence-electron chi connectivity index (χ4n) is 3.87. The SMILES string of the molecule is O=C(O)N1CCC2C(CNC2Cc2ccc(F)cc2C(F)(F)F)C1. The van der Waals surface area contributed by atoms with Gasteiger partial charge in [0.15, 0.2) is 0 Å². The Balaban J connectivity index is 1.75. The van der Waals surface area contributed by atoms with Crippen LogP contribution in [0.1, 0.15) is 17.5 Å². The molecule has 132 valence electrons. The Morgan fingerprint density at radius 1 is 1.38 bits per heavy atom. The second-order valence-corrected chi connectivity index (χ2v) is 6.46. The molecular formula is C16H18F4N2O2. The van der Waals surface area contributed by atoms with E-state index in [0.717, 1.165) is 6.07 Å². The first-order valence-electron chi connectivity index (χ1n) is 7.82. The number of piperidine rings is 1. The van der Waals surface area contributed by atoms with Gasteiger partial charge in [-0.2, -0.15) is 13.2 Å². The molecule has 3 rings (SSSR count). The van der Waals surface area contributed by atoms with Crippen LogP contribution < -0.4 is 5.32 Å². The van der Waals surface area contributed by atoms with Crippen LogP contribution in [0.2, 0.25) is 0 Å². The van der Waals surface area contributed by atoms with Crippen molar-refractivity contribution in [3.05, 3.63) is 35.1 Å². The molecule has 3 atom stereocenters. The number of nitrogens with zero attached hydrogens (tertiary/aromatic N) is 1. The third-order valence-electron chi connectivity index (χ3n) is 5.04. The molecular weight excluding hydrogens is 328 g/mol. The number of amides is 1. The molecule has 0 spiro atoms. The van der Waals surface area contributed by atoms with Crippen LogP contribution in [-0.4, -0.2) is 41.8 Å². The maximum Gasteiger partial charge on any atom is 0.416 e. The van der Waals surface area contributed by atoms with Gasteiger partial charge >= 0.3 is 12.3 Å². The van der Waals surface area contributed by atoms with Gasteiger partial charge in [0.05, 0.1) is 5.56 Å². The summed E-state index contributed by atoms with van der Waals surface area (Å²) in [5.74, 6) is -0.667. The Morgan fingerprint density at radius 2 is 2.12 bits per heavy atom. The van der Waals surface area contributed by atoms with Crippen LogP contribution in [0.5, 0.6) is 0 Å². The van der Waals surface area contributed by atoms with Gasteiger partial charge in [-0.3, -0.25) is 0 Å². The number of hydrogen-bond donors (Lipinski definition) is 2. The van der Waals surface area contributed by atoms with E-state index in [1.165, 1.54) is 11.0 Å². The Labute approximate surface area is 136 Å². The highest BCUT2D eigenvalue weighted by Crippen LogP contribution is 2.36. The van der Waals surface area contributed by atoms with Crippen LogP contribution >= 0.6 is 0 Å². The second kappa shape index (κ2) is 6.23. The number of fused-ring (bicyclic) bond motifs is 1. The zero-order valence-corrected chi connectivity index (χ0v) is 12.8. The molecule has 2 aliphatic rings. The molecule has 0 radical (unpaired) electrons.